The second kappa shape index (κ2) is 9.58. The third kappa shape index (κ3) is 6.35. The topological polar surface area (TPSA) is 75.3 Å². The number of thioether (sulfide) groups is 1. The zero-order chi connectivity index (χ0) is 22.6. The summed E-state index contributed by atoms with van der Waals surface area (Å²) in [4.78, 5) is 13.6. The molecule has 3 aromatic carbocycles. The molecule has 5 nitrogen and oxygen atoms in total. The van der Waals surface area contributed by atoms with Gasteiger partial charge in [-0.2, -0.15) is 0 Å². The van der Waals surface area contributed by atoms with Crippen LogP contribution in [0, 0.1) is 20.8 Å². The van der Waals surface area contributed by atoms with Gasteiger partial charge in [0.05, 0.1) is 10.1 Å². The molecule has 1 atom stereocenters. The molecule has 0 aliphatic heterocycles. The fourth-order valence-electron chi connectivity index (χ4n) is 3.08. The van der Waals surface area contributed by atoms with Gasteiger partial charge in [0.2, 0.25) is 5.91 Å². The van der Waals surface area contributed by atoms with E-state index in [-0.39, 0.29) is 16.1 Å². The Balaban J connectivity index is 1.61. The number of carbonyl (C=O) groups excluding carboxylic acids is 1. The van der Waals surface area contributed by atoms with Crippen LogP contribution in [0.1, 0.15) is 23.6 Å². The van der Waals surface area contributed by atoms with E-state index in [1.807, 2.05) is 39.8 Å². The monoisotopic (exact) mass is 454 g/mol. The van der Waals surface area contributed by atoms with Crippen LogP contribution in [-0.2, 0) is 14.8 Å². The molecule has 3 aromatic rings. The fourth-order valence-corrected chi connectivity index (χ4v) is 5.01. The second-order valence-electron chi connectivity index (χ2n) is 7.57. The van der Waals surface area contributed by atoms with Crippen LogP contribution in [0.25, 0.3) is 0 Å². The lowest BCUT2D eigenvalue weighted by Gasteiger charge is -2.14. The summed E-state index contributed by atoms with van der Waals surface area (Å²) in [7, 11) is -3.64. The van der Waals surface area contributed by atoms with E-state index in [0.717, 1.165) is 27.3 Å². The minimum absolute atomic E-state index is 0.0841. The van der Waals surface area contributed by atoms with Crippen molar-refractivity contribution in [3.05, 3.63) is 83.4 Å². The lowest BCUT2D eigenvalue weighted by molar-refractivity contribution is -0.115. The summed E-state index contributed by atoms with van der Waals surface area (Å²) in [6, 6.07) is 19.6. The van der Waals surface area contributed by atoms with Gasteiger partial charge < -0.3 is 5.32 Å². The highest BCUT2D eigenvalue weighted by molar-refractivity contribution is 8.00. The van der Waals surface area contributed by atoms with E-state index in [1.165, 1.54) is 11.8 Å². The van der Waals surface area contributed by atoms with Gasteiger partial charge >= 0.3 is 0 Å². The van der Waals surface area contributed by atoms with Crippen molar-refractivity contribution in [2.45, 2.75) is 42.7 Å². The summed E-state index contributed by atoms with van der Waals surface area (Å²) in [6.45, 7) is 7.74. The minimum Gasteiger partial charge on any atom is -0.325 e. The number of rotatable bonds is 7. The van der Waals surface area contributed by atoms with E-state index in [0.29, 0.717) is 5.69 Å². The first-order valence-electron chi connectivity index (χ1n) is 9.88. The highest BCUT2D eigenvalue weighted by Crippen LogP contribution is 2.27. The Morgan fingerprint density at radius 3 is 1.97 bits per heavy atom. The maximum absolute atomic E-state index is 12.6. The van der Waals surface area contributed by atoms with Crippen LogP contribution < -0.4 is 10.0 Å². The van der Waals surface area contributed by atoms with Crippen molar-refractivity contribution in [3.63, 3.8) is 0 Å². The molecule has 0 aliphatic rings. The Labute approximate surface area is 188 Å². The van der Waals surface area contributed by atoms with Crippen LogP contribution in [0.2, 0.25) is 0 Å². The molecule has 0 aromatic heterocycles. The van der Waals surface area contributed by atoms with Gasteiger partial charge in [0, 0.05) is 16.3 Å². The van der Waals surface area contributed by atoms with Crippen molar-refractivity contribution in [1.82, 2.24) is 0 Å². The lowest BCUT2D eigenvalue weighted by atomic mass is 10.1. The number of benzene rings is 3. The summed E-state index contributed by atoms with van der Waals surface area (Å²) < 4.78 is 27.6. The first-order chi connectivity index (χ1) is 14.6. The Hall–Kier alpha value is -2.77. The predicted molar refractivity (Wildman–Crippen MR) is 128 cm³/mol. The SMILES string of the molecule is Cc1ccc(S(=O)(=O)Nc2ccc(SC(C)C(=O)Nc3cc(C)cc(C)c3)cc2)cc1. The van der Waals surface area contributed by atoms with Crippen LogP contribution >= 0.6 is 11.8 Å². The van der Waals surface area contributed by atoms with Crippen LogP contribution in [0.4, 0.5) is 11.4 Å². The second-order valence-corrected chi connectivity index (χ2v) is 10.7. The van der Waals surface area contributed by atoms with Crippen LogP contribution in [0.5, 0.6) is 0 Å². The molecule has 7 heteroatoms. The van der Waals surface area contributed by atoms with E-state index in [9.17, 15) is 13.2 Å². The zero-order valence-corrected chi connectivity index (χ0v) is 19.6. The Morgan fingerprint density at radius 1 is 0.806 bits per heavy atom. The highest BCUT2D eigenvalue weighted by Gasteiger charge is 2.16. The molecule has 2 N–H and O–H groups in total. The molecule has 0 heterocycles. The predicted octanol–water partition coefficient (Wildman–Crippen LogP) is 5.53. The molecule has 0 saturated heterocycles. The summed E-state index contributed by atoms with van der Waals surface area (Å²) in [5, 5.41) is 2.65. The van der Waals surface area contributed by atoms with E-state index in [2.05, 4.69) is 16.1 Å². The van der Waals surface area contributed by atoms with Crippen molar-refractivity contribution in [2.75, 3.05) is 10.0 Å². The van der Waals surface area contributed by atoms with E-state index in [4.69, 9.17) is 0 Å². The number of sulfonamides is 1. The van der Waals surface area contributed by atoms with Crippen LogP contribution in [0.3, 0.4) is 0 Å². The molecular weight excluding hydrogens is 428 g/mol. The zero-order valence-electron chi connectivity index (χ0n) is 18.0. The summed E-state index contributed by atoms with van der Waals surface area (Å²) in [5.74, 6) is -0.0841. The first kappa shape index (κ1) is 22.9. The van der Waals surface area contributed by atoms with Crippen molar-refractivity contribution in [1.29, 1.82) is 0 Å². The molecular formula is C24H26N2O3S2. The third-order valence-corrected chi connectivity index (χ3v) is 7.12. The number of anilines is 2. The van der Waals surface area contributed by atoms with Crippen molar-refractivity contribution < 1.29 is 13.2 Å². The smallest absolute Gasteiger partial charge is 0.261 e. The van der Waals surface area contributed by atoms with Gasteiger partial charge in [-0.15, -0.1) is 11.8 Å². The molecule has 0 spiro atoms. The molecule has 1 amide bonds. The van der Waals surface area contributed by atoms with E-state index in [1.54, 1.807) is 48.5 Å². The molecule has 1 unspecified atom stereocenters. The van der Waals surface area contributed by atoms with Crippen molar-refractivity contribution in [3.8, 4) is 0 Å². The maximum Gasteiger partial charge on any atom is 0.261 e. The molecule has 0 saturated carbocycles. The average Bonchev–Trinajstić information content (AvgIpc) is 2.68. The number of aryl methyl sites for hydroxylation is 3. The van der Waals surface area contributed by atoms with Crippen LogP contribution in [0.15, 0.2) is 76.5 Å². The molecule has 0 aliphatic carbocycles. The van der Waals surface area contributed by atoms with Gasteiger partial charge in [0.1, 0.15) is 0 Å². The Bertz CT molecular complexity index is 1150. The van der Waals surface area contributed by atoms with Gasteiger partial charge in [-0.1, -0.05) is 23.8 Å². The maximum atomic E-state index is 12.6. The largest absolute Gasteiger partial charge is 0.325 e. The van der Waals surface area contributed by atoms with Crippen molar-refractivity contribution in [2.24, 2.45) is 0 Å². The molecule has 0 fully saturated rings. The summed E-state index contributed by atoms with van der Waals surface area (Å²) in [6.07, 6.45) is 0. The average molecular weight is 455 g/mol. The summed E-state index contributed by atoms with van der Waals surface area (Å²) >= 11 is 1.41. The standard InChI is InChI=1S/C24H26N2O3S2/c1-16-5-11-23(12-6-16)31(28,29)26-20-7-9-22(10-8-20)30-19(4)24(27)25-21-14-17(2)13-18(3)15-21/h5-15,19,26H,1-4H3,(H,25,27). The van der Waals surface area contributed by atoms with Gasteiger partial charge in [0.25, 0.3) is 10.0 Å². The molecule has 0 radical (unpaired) electrons. The lowest BCUT2D eigenvalue weighted by Crippen LogP contribution is -2.22. The van der Waals surface area contributed by atoms with Gasteiger partial charge in [-0.3, -0.25) is 9.52 Å². The minimum atomic E-state index is -3.64. The summed E-state index contributed by atoms with van der Waals surface area (Å²) in [5.41, 5.74) is 4.45. The number of hydrogen-bond acceptors (Lipinski definition) is 4. The first-order valence-corrected chi connectivity index (χ1v) is 12.2. The molecule has 0 bridgehead atoms. The van der Waals surface area contributed by atoms with Crippen molar-refractivity contribution >= 4 is 39.1 Å². The Kier molecular flexibility index (Phi) is 7.08. The number of amides is 1. The fraction of sp³-hybridized carbons (Fsp3) is 0.208. The molecule has 31 heavy (non-hydrogen) atoms. The highest BCUT2D eigenvalue weighted by atomic mass is 32.2. The van der Waals surface area contributed by atoms with E-state index >= 15 is 0 Å². The van der Waals surface area contributed by atoms with E-state index < -0.39 is 10.0 Å². The normalized spacial score (nSPS) is 12.3. The quantitative estimate of drug-likeness (QED) is 0.460. The molecule has 162 valence electrons. The number of hydrogen-bond donors (Lipinski definition) is 2. The molecule has 3 rings (SSSR count). The number of carbonyl (C=O) groups is 1. The number of nitrogens with one attached hydrogen (secondary N) is 2. The van der Waals surface area contributed by atoms with Gasteiger partial charge in [0.15, 0.2) is 0 Å². The third-order valence-electron chi connectivity index (χ3n) is 4.61. The Morgan fingerprint density at radius 2 is 1.39 bits per heavy atom. The van der Waals surface area contributed by atoms with Gasteiger partial charge in [-0.05, 0) is 87.4 Å². The van der Waals surface area contributed by atoms with Crippen LogP contribution in [-0.4, -0.2) is 19.6 Å². The van der Waals surface area contributed by atoms with Gasteiger partial charge in [-0.25, -0.2) is 8.42 Å².